The van der Waals surface area contributed by atoms with Gasteiger partial charge in [-0.2, -0.15) is 0 Å². The lowest BCUT2D eigenvalue weighted by atomic mass is 10.1. The lowest BCUT2D eigenvalue weighted by molar-refractivity contribution is 0.175. The molecule has 0 saturated carbocycles. The van der Waals surface area contributed by atoms with E-state index in [1.54, 1.807) is 17.0 Å². The first-order valence-electron chi connectivity index (χ1n) is 6.74. The van der Waals surface area contributed by atoms with E-state index < -0.39 is 5.82 Å². The molecule has 0 aliphatic carbocycles. The Kier molecular flexibility index (Phi) is 3.71. The Balaban J connectivity index is 1.77. The van der Waals surface area contributed by atoms with Crippen LogP contribution in [-0.2, 0) is 6.54 Å². The van der Waals surface area contributed by atoms with Crippen molar-refractivity contribution in [2.45, 2.75) is 19.5 Å². The number of nitrogens with one attached hydrogen (secondary N) is 1. The fourth-order valence-corrected chi connectivity index (χ4v) is 2.97. The Hall–Kier alpha value is -1.82. The quantitative estimate of drug-likeness (QED) is 0.828. The van der Waals surface area contributed by atoms with Gasteiger partial charge in [0.1, 0.15) is 5.82 Å². The second-order valence-electron chi connectivity index (χ2n) is 5.05. The van der Waals surface area contributed by atoms with Crippen LogP contribution in [0.1, 0.15) is 18.7 Å². The minimum atomic E-state index is -0.453. The molecule has 1 aliphatic rings. The number of benzene rings is 1. The van der Waals surface area contributed by atoms with Crippen molar-refractivity contribution in [3.63, 3.8) is 0 Å². The topological polar surface area (TPSA) is 37.3 Å². The van der Waals surface area contributed by atoms with E-state index in [4.69, 9.17) is 0 Å². The molecule has 2 aromatic rings. The second kappa shape index (κ2) is 5.52. The Bertz CT molecular complexity index is 685. The number of carbonyl (C=O) groups is 1. The fourth-order valence-electron chi connectivity index (χ4n) is 2.63. The molecule has 1 N–H and O–H groups in total. The van der Waals surface area contributed by atoms with Gasteiger partial charge in [0, 0.05) is 29.5 Å². The van der Waals surface area contributed by atoms with Gasteiger partial charge in [-0.15, -0.1) is 0 Å². The summed E-state index contributed by atoms with van der Waals surface area (Å²) in [6, 6.07) is 8.24. The lowest BCUT2D eigenvalue weighted by Gasteiger charge is -2.34. The molecule has 3 rings (SSSR count). The highest BCUT2D eigenvalue weighted by atomic mass is 79.9. The molecule has 2 amide bonds. The van der Waals surface area contributed by atoms with Gasteiger partial charge in [0.2, 0.25) is 0 Å². The average Bonchev–Trinajstić information content (AvgIpc) is 2.91. The molecule has 0 saturated heterocycles. The predicted octanol–water partition coefficient (Wildman–Crippen LogP) is 4.00. The van der Waals surface area contributed by atoms with Crippen molar-refractivity contribution in [1.29, 1.82) is 0 Å². The van der Waals surface area contributed by atoms with Gasteiger partial charge in [-0.25, -0.2) is 9.18 Å². The van der Waals surface area contributed by atoms with E-state index in [0.29, 0.717) is 11.0 Å². The van der Waals surface area contributed by atoms with Crippen LogP contribution in [-0.4, -0.2) is 22.0 Å². The molecular weight excluding hydrogens is 337 g/mol. The molecule has 4 nitrogen and oxygen atoms in total. The van der Waals surface area contributed by atoms with Crippen LogP contribution in [0.15, 0.2) is 41.0 Å². The maximum atomic E-state index is 13.8. The summed E-state index contributed by atoms with van der Waals surface area (Å²) in [5.74, 6) is -0.453. The van der Waals surface area contributed by atoms with Gasteiger partial charge in [-0.3, -0.25) is 0 Å². The number of amides is 2. The molecule has 6 heteroatoms. The number of hydrogen-bond donors (Lipinski definition) is 1. The summed E-state index contributed by atoms with van der Waals surface area (Å²) in [7, 11) is 0. The van der Waals surface area contributed by atoms with Crippen LogP contribution in [0.2, 0.25) is 0 Å². The maximum absolute atomic E-state index is 13.8. The molecule has 0 bridgehead atoms. The predicted molar refractivity (Wildman–Crippen MR) is 82.7 cm³/mol. The number of urea groups is 1. The van der Waals surface area contributed by atoms with E-state index in [9.17, 15) is 9.18 Å². The van der Waals surface area contributed by atoms with Gasteiger partial charge >= 0.3 is 6.03 Å². The van der Waals surface area contributed by atoms with E-state index in [1.807, 2.05) is 25.3 Å². The van der Waals surface area contributed by atoms with Crippen LogP contribution >= 0.6 is 15.9 Å². The zero-order chi connectivity index (χ0) is 15.0. The highest BCUT2D eigenvalue weighted by Gasteiger charge is 2.27. The van der Waals surface area contributed by atoms with Crippen LogP contribution in [0, 0.1) is 5.82 Å². The third kappa shape index (κ3) is 2.68. The summed E-state index contributed by atoms with van der Waals surface area (Å²) in [5, 5.41) is 2.64. The molecular formula is C15H15BrFN3O. The van der Waals surface area contributed by atoms with Crippen molar-refractivity contribution in [3.8, 4) is 0 Å². The Labute approximate surface area is 130 Å². The minimum Gasteiger partial charge on any atom is -0.348 e. The summed E-state index contributed by atoms with van der Waals surface area (Å²) in [6.45, 7) is 3.33. The first-order chi connectivity index (χ1) is 10.1. The van der Waals surface area contributed by atoms with E-state index in [1.165, 1.54) is 6.07 Å². The highest BCUT2D eigenvalue weighted by Crippen LogP contribution is 2.26. The summed E-state index contributed by atoms with van der Waals surface area (Å²) >= 11 is 3.20. The highest BCUT2D eigenvalue weighted by molar-refractivity contribution is 9.10. The zero-order valence-corrected chi connectivity index (χ0v) is 13.1. The van der Waals surface area contributed by atoms with Gasteiger partial charge in [0.25, 0.3) is 0 Å². The van der Waals surface area contributed by atoms with Gasteiger partial charge < -0.3 is 14.8 Å². The number of hydrogen-bond acceptors (Lipinski definition) is 1. The molecule has 0 unspecified atom stereocenters. The number of fused-ring (bicyclic) bond motifs is 1. The molecule has 0 spiro atoms. The molecule has 1 aromatic heterocycles. The summed E-state index contributed by atoms with van der Waals surface area (Å²) in [4.78, 5) is 14.1. The van der Waals surface area contributed by atoms with Gasteiger partial charge in [0.05, 0.1) is 11.7 Å². The van der Waals surface area contributed by atoms with Crippen molar-refractivity contribution < 1.29 is 9.18 Å². The van der Waals surface area contributed by atoms with Crippen molar-refractivity contribution in [2.24, 2.45) is 0 Å². The first-order valence-corrected chi connectivity index (χ1v) is 7.53. The molecule has 0 radical (unpaired) electrons. The number of rotatable bonds is 1. The van der Waals surface area contributed by atoms with E-state index >= 15 is 0 Å². The maximum Gasteiger partial charge on any atom is 0.322 e. The second-order valence-corrected chi connectivity index (χ2v) is 5.97. The van der Waals surface area contributed by atoms with Crippen molar-refractivity contribution in [3.05, 3.63) is 52.5 Å². The first kappa shape index (κ1) is 14.1. The largest absolute Gasteiger partial charge is 0.348 e. The van der Waals surface area contributed by atoms with Crippen LogP contribution < -0.4 is 5.32 Å². The van der Waals surface area contributed by atoms with E-state index in [2.05, 4.69) is 25.8 Å². The summed E-state index contributed by atoms with van der Waals surface area (Å²) in [5.41, 5.74) is 1.28. The standard InChI is InChI=1S/C15H15BrFN3O/c1-10-14-3-2-6-19(14)7-8-20(10)15(21)18-13-5-4-11(16)9-12(13)17/h2-6,9-10H,7-8H2,1H3,(H,18,21)/t10-/m1/s1. The number of halogens is 2. The Morgan fingerprint density at radius 2 is 2.19 bits per heavy atom. The van der Waals surface area contributed by atoms with Crippen molar-refractivity contribution >= 4 is 27.6 Å². The molecule has 110 valence electrons. The normalized spacial score (nSPS) is 17.5. The van der Waals surface area contributed by atoms with Crippen LogP contribution in [0.4, 0.5) is 14.9 Å². The SMILES string of the molecule is C[C@@H]1c2cccn2CCN1C(=O)Nc1ccc(Br)cc1F. The minimum absolute atomic E-state index is 0.0349. The third-order valence-corrected chi connectivity index (χ3v) is 4.27. The van der Waals surface area contributed by atoms with Crippen molar-refractivity contribution in [2.75, 3.05) is 11.9 Å². The number of anilines is 1. The van der Waals surface area contributed by atoms with Gasteiger partial charge in [-0.1, -0.05) is 15.9 Å². The van der Waals surface area contributed by atoms with Crippen LogP contribution in [0.25, 0.3) is 0 Å². The molecule has 0 fully saturated rings. The zero-order valence-electron chi connectivity index (χ0n) is 11.5. The summed E-state index contributed by atoms with van der Waals surface area (Å²) < 4.78 is 16.6. The van der Waals surface area contributed by atoms with E-state index in [-0.39, 0.29) is 17.8 Å². The van der Waals surface area contributed by atoms with E-state index in [0.717, 1.165) is 12.2 Å². The van der Waals surface area contributed by atoms with Gasteiger partial charge in [0.15, 0.2) is 0 Å². The smallest absolute Gasteiger partial charge is 0.322 e. The van der Waals surface area contributed by atoms with Crippen LogP contribution in [0.3, 0.4) is 0 Å². The molecule has 1 atom stereocenters. The lowest BCUT2D eigenvalue weighted by Crippen LogP contribution is -2.43. The monoisotopic (exact) mass is 351 g/mol. The molecule has 1 aliphatic heterocycles. The molecule has 2 heterocycles. The average molecular weight is 352 g/mol. The van der Waals surface area contributed by atoms with Crippen molar-refractivity contribution in [1.82, 2.24) is 9.47 Å². The van der Waals surface area contributed by atoms with Crippen LogP contribution in [0.5, 0.6) is 0 Å². The molecule has 1 aromatic carbocycles. The Morgan fingerprint density at radius 3 is 2.95 bits per heavy atom. The fraction of sp³-hybridized carbons (Fsp3) is 0.267. The Morgan fingerprint density at radius 1 is 1.38 bits per heavy atom. The summed E-state index contributed by atoms with van der Waals surface area (Å²) in [6.07, 6.45) is 2.01. The molecule has 21 heavy (non-hydrogen) atoms. The number of nitrogens with zero attached hydrogens (tertiary/aromatic N) is 2. The number of aromatic nitrogens is 1. The third-order valence-electron chi connectivity index (χ3n) is 3.78. The van der Waals surface area contributed by atoms with Gasteiger partial charge in [-0.05, 0) is 37.3 Å². The number of carbonyl (C=O) groups excluding carboxylic acids is 1.